The number of unbranched alkanes of at least 4 members (excludes halogenated alkanes) is 5. The minimum absolute atomic E-state index is 0.00269. The second-order valence-corrected chi connectivity index (χ2v) is 6.58. The molecule has 114 valence electrons. The zero-order valence-electron chi connectivity index (χ0n) is 13.8. The summed E-state index contributed by atoms with van der Waals surface area (Å²) in [6.07, 6.45) is 10.7. The summed E-state index contributed by atoms with van der Waals surface area (Å²) in [5.41, 5.74) is -0.357. The first-order valence-corrected chi connectivity index (χ1v) is 8.13. The van der Waals surface area contributed by atoms with E-state index in [-0.39, 0.29) is 17.5 Å². The quantitative estimate of drug-likeness (QED) is 0.387. The fourth-order valence-corrected chi connectivity index (χ4v) is 2.28. The average Bonchev–Trinajstić information content (AvgIpc) is 2.30. The highest BCUT2D eigenvalue weighted by Gasteiger charge is 2.23. The molecular formula is C17H34O2. The topological polar surface area (TPSA) is 26.3 Å². The van der Waals surface area contributed by atoms with Crippen molar-refractivity contribution in [3.05, 3.63) is 0 Å². The molecule has 0 saturated carbocycles. The SMILES string of the molecule is CCCCCCCCC(CCC)C(=O)OC(C)(C)C. The molecule has 0 aromatic heterocycles. The molecular weight excluding hydrogens is 236 g/mol. The minimum atomic E-state index is -0.357. The molecule has 0 N–H and O–H groups in total. The Kier molecular flexibility index (Phi) is 9.99. The number of hydrogen-bond donors (Lipinski definition) is 0. The van der Waals surface area contributed by atoms with Crippen molar-refractivity contribution in [2.24, 2.45) is 5.92 Å². The van der Waals surface area contributed by atoms with Gasteiger partial charge in [-0.05, 0) is 33.6 Å². The van der Waals surface area contributed by atoms with Crippen LogP contribution in [0.15, 0.2) is 0 Å². The Morgan fingerprint density at radius 3 is 2.00 bits per heavy atom. The summed E-state index contributed by atoms with van der Waals surface area (Å²) in [5.74, 6) is 0.110. The van der Waals surface area contributed by atoms with Gasteiger partial charge in [0.1, 0.15) is 5.60 Å². The van der Waals surface area contributed by atoms with Crippen LogP contribution in [0.5, 0.6) is 0 Å². The predicted octanol–water partition coefficient (Wildman–Crippen LogP) is 5.50. The summed E-state index contributed by atoms with van der Waals surface area (Å²) in [5, 5.41) is 0. The third kappa shape index (κ3) is 11.0. The monoisotopic (exact) mass is 270 g/mol. The van der Waals surface area contributed by atoms with Gasteiger partial charge in [-0.2, -0.15) is 0 Å². The van der Waals surface area contributed by atoms with E-state index in [1.807, 2.05) is 20.8 Å². The van der Waals surface area contributed by atoms with Crippen molar-refractivity contribution in [3.8, 4) is 0 Å². The number of hydrogen-bond acceptors (Lipinski definition) is 2. The Bertz CT molecular complexity index is 228. The molecule has 2 heteroatoms. The average molecular weight is 270 g/mol. The number of carbonyl (C=O) groups excluding carboxylic acids is 1. The standard InChI is InChI=1S/C17H34O2/c1-6-8-9-10-11-12-14-15(13-7-2)16(18)19-17(3,4)5/h15H,6-14H2,1-5H3. The second kappa shape index (κ2) is 10.3. The number of rotatable bonds is 10. The summed E-state index contributed by atoms with van der Waals surface area (Å²) < 4.78 is 5.51. The fraction of sp³-hybridized carbons (Fsp3) is 0.941. The largest absolute Gasteiger partial charge is 0.460 e. The van der Waals surface area contributed by atoms with Crippen molar-refractivity contribution in [1.82, 2.24) is 0 Å². The van der Waals surface area contributed by atoms with E-state index >= 15 is 0 Å². The number of carbonyl (C=O) groups is 1. The first-order valence-electron chi connectivity index (χ1n) is 8.13. The highest BCUT2D eigenvalue weighted by molar-refractivity contribution is 5.72. The maximum absolute atomic E-state index is 12.1. The van der Waals surface area contributed by atoms with Gasteiger partial charge in [0.25, 0.3) is 0 Å². The van der Waals surface area contributed by atoms with Crippen LogP contribution in [0.2, 0.25) is 0 Å². The summed E-state index contributed by atoms with van der Waals surface area (Å²) in [6.45, 7) is 10.2. The van der Waals surface area contributed by atoms with E-state index in [1.54, 1.807) is 0 Å². The molecule has 0 amide bonds. The molecule has 1 atom stereocenters. The lowest BCUT2D eigenvalue weighted by Crippen LogP contribution is -2.28. The number of ether oxygens (including phenoxy) is 1. The van der Waals surface area contributed by atoms with Gasteiger partial charge < -0.3 is 4.74 Å². The van der Waals surface area contributed by atoms with Crippen LogP contribution in [-0.2, 0) is 9.53 Å². The minimum Gasteiger partial charge on any atom is -0.460 e. The molecule has 0 aromatic rings. The van der Waals surface area contributed by atoms with Gasteiger partial charge >= 0.3 is 5.97 Å². The van der Waals surface area contributed by atoms with E-state index in [0.29, 0.717) is 0 Å². The molecule has 0 aliphatic carbocycles. The third-order valence-electron chi connectivity index (χ3n) is 3.28. The Hall–Kier alpha value is -0.530. The van der Waals surface area contributed by atoms with Crippen LogP contribution in [0, 0.1) is 5.92 Å². The van der Waals surface area contributed by atoms with E-state index in [9.17, 15) is 4.79 Å². The van der Waals surface area contributed by atoms with Gasteiger partial charge in [0, 0.05) is 0 Å². The zero-order chi connectivity index (χ0) is 14.7. The molecule has 1 unspecified atom stereocenters. The van der Waals surface area contributed by atoms with Crippen molar-refractivity contribution in [1.29, 1.82) is 0 Å². The Morgan fingerprint density at radius 2 is 1.47 bits per heavy atom. The van der Waals surface area contributed by atoms with Crippen LogP contribution in [0.25, 0.3) is 0 Å². The van der Waals surface area contributed by atoms with Crippen molar-refractivity contribution in [2.45, 2.75) is 98.0 Å². The van der Waals surface area contributed by atoms with Crippen molar-refractivity contribution >= 4 is 5.97 Å². The highest BCUT2D eigenvalue weighted by atomic mass is 16.6. The summed E-state index contributed by atoms with van der Waals surface area (Å²) in [7, 11) is 0. The molecule has 2 nitrogen and oxygen atoms in total. The smallest absolute Gasteiger partial charge is 0.309 e. The molecule has 0 aliphatic heterocycles. The third-order valence-corrected chi connectivity index (χ3v) is 3.28. The molecule has 0 heterocycles. The second-order valence-electron chi connectivity index (χ2n) is 6.58. The Labute approximate surface area is 120 Å². The molecule has 0 aliphatic rings. The van der Waals surface area contributed by atoms with E-state index in [0.717, 1.165) is 25.7 Å². The lowest BCUT2D eigenvalue weighted by atomic mass is 9.95. The molecule has 0 spiro atoms. The summed E-state index contributed by atoms with van der Waals surface area (Å²) in [4.78, 5) is 12.1. The fourth-order valence-electron chi connectivity index (χ4n) is 2.28. The van der Waals surface area contributed by atoms with Gasteiger partial charge in [-0.15, -0.1) is 0 Å². The van der Waals surface area contributed by atoms with Crippen LogP contribution in [0.3, 0.4) is 0 Å². The number of esters is 1. The molecule has 0 radical (unpaired) electrons. The lowest BCUT2D eigenvalue weighted by molar-refractivity contribution is -0.160. The first kappa shape index (κ1) is 18.5. The van der Waals surface area contributed by atoms with E-state index < -0.39 is 0 Å². The van der Waals surface area contributed by atoms with Gasteiger partial charge in [0.2, 0.25) is 0 Å². The van der Waals surface area contributed by atoms with Gasteiger partial charge in [-0.1, -0.05) is 58.8 Å². The van der Waals surface area contributed by atoms with Crippen LogP contribution in [-0.4, -0.2) is 11.6 Å². The van der Waals surface area contributed by atoms with Gasteiger partial charge in [0.15, 0.2) is 0 Å². The van der Waals surface area contributed by atoms with Gasteiger partial charge in [0.05, 0.1) is 5.92 Å². The molecule has 19 heavy (non-hydrogen) atoms. The Balaban J connectivity index is 3.94. The van der Waals surface area contributed by atoms with Crippen LogP contribution >= 0.6 is 0 Å². The van der Waals surface area contributed by atoms with E-state index in [2.05, 4.69) is 13.8 Å². The van der Waals surface area contributed by atoms with Crippen molar-refractivity contribution in [3.63, 3.8) is 0 Å². The van der Waals surface area contributed by atoms with Crippen molar-refractivity contribution < 1.29 is 9.53 Å². The molecule has 0 aromatic carbocycles. The molecule has 0 fully saturated rings. The highest BCUT2D eigenvalue weighted by Crippen LogP contribution is 2.21. The van der Waals surface area contributed by atoms with Gasteiger partial charge in [-0.3, -0.25) is 4.79 Å². The normalized spacial score (nSPS) is 13.3. The first-order chi connectivity index (χ1) is 8.90. The Morgan fingerprint density at radius 1 is 0.895 bits per heavy atom. The lowest BCUT2D eigenvalue weighted by Gasteiger charge is -2.23. The maximum atomic E-state index is 12.1. The maximum Gasteiger partial charge on any atom is 0.309 e. The van der Waals surface area contributed by atoms with Crippen LogP contribution < -0.4 is 0 Å². The molecule has 0 rings (SSSR count). The predicted molar refractivity (Wildman–Crippen MR) is 82.2 cm³/mol. The van der Waals surface area contributed by atoms with Crippen molar-refractivity contribution in [2.75, 3.05) is 0 Å². The van der Waals surface area contributed by atoms with E-state index in [4.69, 9.17) is 4.74 Å². The molecule has 0 bridgehead atoms. The van der Waals surface area contributed by atoms with E-state index in [1.165, 1.54) is 32.1 Å². The van der Waals surface area contributed by atoms with Crippen LogP contribution in [0.1, 0.15) is 92.4 Å². The zero-order valence-corrected chi connectivity index (χ0v) is 13.8. The molecule has 0 saturated heterocycles. The summed E-state index contributed by atoms with van der Waals surface area (Å²) >= 11 is 0. The summed E-state index contributed by atoms with van der Waals surface area (Å²) in [6, 6.07) is 0. The van der Waals surface area contributed by atoms with Gasteiger partial charge in [-0.25, -0.2) is 0 Å². The van der Waals surface area contributed by atoms with Crippen LogP contribution in [0.4, 0.5) is 0 Å².